The molecule has 6 heteroatoms. The van der Waals surface area contributed by atoms with Crippen LogP contribution in [0, 0.1) is 12.8 Å². The van der Waals surface area contributed by atoms with E-state index in [1.165, 1.54) is 18.4 Å². The van der Waals surface area contributed by atoms with E-state index in [2.05, 4.69) is 16.4 Å². The predicted molar refractivity (Wildman–Crippen MR) is 93.2 cm³/mol. The third-order valence-corrected chi connectivity index (χ3v) is 4.81. The molecule has 1 fully saturated rings. The average molecular weight is 348 g/mol. The Morgan fingerprint density at radius 1 is 1.38 bits per heavy atom. The summed E-state index contributed by atoms with van der Waals surface area (Å²) < 4.78 is 5.69. The maximum Gasteiger partial charge on any atom is 0.289 e. The number of hydrogen-bond acceptors (Lipinski definition) is 4. The second kappa shape index (κ2) is 6.57. The van der Waals surface area contributed by atoms with Crippen LogP contribution in [0.5, 0.6) is 0 Å². The molecule has 0 aliphatic heterocycles. The summed E-state index contributed by atoms with van der Waals surface area (Å²) in [5, 5.41) is 3.02. The van der Waals surface area contributed by atoms with Gasteiger partial charge in [-0.2, -0.15) is 0 Å². The molecule has 0 spiro atoms. The third kappa shape index (κ3) is 3.19. The van der Waals surface area contributed by atoms with Crippen LogP contribution in [0.2, 0.25) is 0 Å². The van der Waals surface area contributed by atoms with Gasteiger partial charge in [-0.3, -0.25) is 4.79 Å². The van der Waals surface area contributed by atoms with E-state index in [4.69, 9.17) is 10.2 Å². The number of benzene rings is 1. The van der Waals surface area contributed by atoms with E-state index in [1.807, 2.05) is 25.1 Å². The Bertz CT molecular complexity index is 754. The molecule has 0 saturated heterocycles. The largest absolute Gasteiger partial charge is 0.435 e. The summed E-state index contributed by atoms with van der Waals surface area (Å²) in [7, 11) is 0. The Morgan fingerprint density at radius 2 is 2.12 bits per heavy atom. The van der Waals surface area contributed by atoms with E-state index in [9.17, 15) is 4.79 Å². The lowest BCUT2D eigenvalue weighted by Gasteiger charge is -2.17. The lowest BCUT2D eigenvalue weighted by Crippen LogP contribution is -2.40. The van der Waals surface area contributed by atoms with Gasteiger partial charge in [0.1, 0.15) is 0 Å². The number of carbonyl (C=O) groups excluding carboxylic acids is 1. The molecule has 2 aliphatic carbocycles. The molecular formula is C18H22ClN3O2. The van der Waals surface area contributed by atoms with Crippen LogP contribution in [0.15, 0.2) is 28.7 Å². The molecule has 24 heavy (non-hydrogen) atoms. The number of nitrogens with one attached hydrogen (secondary N) is 1. The number of aromatic nitrogens is 1. The predicted octanol–water partition coefficient (Wildman–Crippen LogP) is 2.71. The number of hydrogen-bond donors (Lipinski definition) is 2. The summed E-state index contributed by atoms with van der Waals surface area (Å²) >= 11 is 0. The van der Waals surface area contributed by atoms with Crippen LogP contribution in [0.4, 0.5) is 0 Å². The third-order valence-electron chi connectivity index (χ3n) is 4.81. The lowest BCUT2D eigenvalue weighted by molar-refractivity contribution is 0.0902. The van der Waals surface area contributed by atoms with Gasteiger partial charge < -0.3 is 15.5 Å². The van der Waals surface area contributed by atoms with Gasteiger partial charge in [0.25, 0.3) is 5.91 Å². The number of amides is 1. The number of nitrogens with two attached hydrogens (primary N) is 1. The molecule has 1 aromatic carbocycles. The zero-order valence-electron chi connectivity index (χ0n) is 13.6. The van der Waals surface area contributed by atoms with Gasteiger partial charge in [-0.05, 0) is 43.2 Å². The standard InChI is InChI=1S/C18H21N3O2.ClH/c1-10-17(23-15(20-10)8-11-6-7-11)18(22)21-14-9-12-4-2-3-5-13(12)16(14)19;/h2-5,11,14,16H,6-9,19H2,1H3,(H,21,22);1H/t14-,16-;/m1./s1. The summed E-state index contributed by atoms with van der Waals surface area (Å²) in [4.78, 5) is 16.9. The molecule has 2 aliphatic rings. The minimum atomic E-state index is -0.217. The smallest absolute Gasteiger partial charge is 0.289 e. The molecule has 3 N–H and O–H groups in total. The molecule has 5 nitrogen and oxygen atoms in total. The molecule has 0 bridgehead atoms. The van der Waals surface area contributed by atoms with Crippen LogP contribution < -0.4 is 11.1 Å². The number of nitrogens with zero attached hydrogens (tertiary/aromatic N) is 1. The molecule has 128 valence electrons. The molecular weight excluding hydrogens is 326 g/mol. The van der Waals surface area contributed by atoms with Crippen molar-refractivity contribution in [2.45, 2.75) is 44.7 Å². The van der Waals surface area contributed by atoms with Crippen LogP contribution in [-0.4, -0.2) is 16.9 Å². The molecule has 2 aromatic rings. The zero-order valence-corrected chi connectivity index (χ0v) is 14.4. The monoisotopic (exact) mass is 347 g/mol. The summed E-state index contributed by atoms with van der Waals surface area (Å²) in [6.45, 7) is 1.82. The molecule has 0 unspecified atom stereocenters. The van der Waals surface area contributed by atoms with Gasteiger partial charge in [-0.25, -0.2) is 4.98 Å². The quantitative estimate of drug-likeness (QED) is 0.891. The minimum Gasteiger partial charge on any atom is -0.435 e. The van der Waals surface area contributed by atoms with Gasteiger partial charge >= 0.3 is 0 Å². The van der Waals surface area contributed by atoms with Crippen molar-refractivity contribution in [3.8, 4) is 0 Å². The van der Waals surface area contributed by atoms with Gasteiger partial charge in [0.15, 0.2) is 5.89 Å². The highest BCUT2D eigenvalue weighted by Gasteiger charge is 2.32. The van der Waals surface area contributed by atoms with E-state index in [0.29, 0.717) is 23.3 Å². The van der Waals surface area contributed by atoms with Crippen LogP contribution in [0.1, 0.15) is 52.1 Å². The van der Waals surface area contributed by atoms with Gasteiger partial charge in [-0.15, -0.1) is 12.4 Å². The van der Waals surface area contributed by atoms with Gasteiger partial charge in [0.05, 0.1) is 17.8 Å². The highest BCUT2D eigenvalue weighted by Crippen LogP contribution is 2.33. The molecule has 1 aromatic heterocycles. The van der Waals surface area contributed by atoms with Crippen molar-refractivity contribution < 1.29 is 9.21 Å². The zero-order chi connectivity index (χ0) is 16.0. The second-order valence-electron chi connectivity index (χ2n) is 6.68. The van der Waals surface area contributed by atoms with E-state index in [-0.39, 0.29) is 30.4 Å². The summed E-state index contributed by atoms with van der Waals surface area (Å²) in [5.41, 5.74) is 9.24. The average Bonchev–Trinajstić information content (AvgIpc) is 3.19. The summed E-state index contributed by atoms with van der Waals surface area (Å²) in [6.07, 6.45) is 4.06. The summed E-state index contributed by atoms with van der Waals surface area (Å²) in [5.74, 6) is 1.46. The number of carbonyl (C=O) groups is 1. The van der Waals surface area contributed by atoms with Crippen LogP contribution in [0.25, 0.3) is 0 Å². The lowest BCUT2D eigenvalue weighted by atomic mass is 10.1. The van der Waals surface area contributed by atoms with Crippen molar-refractivity contribution >= 4 is 18.3 Å². The first-order valence-corrected chi connectivity index (χ1v) is 8.22. The fourth-order valence-corrected chi connectivity index (χ4v) is 3.32. The second-order valence-corrected chi connectivity index (χ2v) is 6.68. The molecule has 1 heterocycles. The summed E-state index contributed by atoms with van der Waals surface area (Å²) in [6, 6.07) is 7.79. The maximum absolute atomic E-state index is 12.5. The Morgan fingerprint density at radius 3 is 2.83 bits per heavy atom. The number of rotatable bonds is 4. The molecule has 1 saturated carbocycles. The first-order valence-electron chi connectivity index (χ1n) is 8.22. The van der Waals surface area contributed by atoms with Crippen molar-refractivity contribution in [2.24, 2.45) is 11.7 Å². The van der Waals surface area contributed by atoms with Crippen molar-refractivity contribution in [2.75, 3.05) is 0 Å². The fraction of sp³-hybridized carbons (Fsp3) is 0.444. The van der Waals surface area contributed by atoms with E-state index >= 15 is 0 Å². The van der Waals surface area contributed by atoms with Crippen molar-refractivity contribution in [3.05, 3.63) is 52.7 Å². The number of halogens is 1. The number of fused-ring (bicyclic) bond motifs is 1. The van der Waals surface area contributed by atoms with Crippen LogP contribution in [-0.2, 0) is 12.8 Å². The SMILES string of the molecule is Cc1nc(CC2CC2)oc1C(=O)N[C@@H]1Cc2ccccc2[C@H]1N.Cl. The molecule has 2 atom stereocenters. The van der Waals surface area contributed by atoms with Gasteiger partial charge in [-0.1, -0.05) is 24.3 Å². The topological polar surface area (TPSA) is 81.2 Å². The number of oxazole rings is 1. The van der Waals surface area contributed by atoms with Gasteiger partial charge in [0, 0.05) is 6.42 Å². The van der Waals surface area contributed by atoms with Crippen LogP contribution >= 0.6 is 12.4 Å². The molecule has 1 amide bonds. The van der Waals surface area contributed by atoms with Crippen LogP contribution in [0.3, 0.4) is 0 Å². The first kappa shape index (κ1) is 17.0. The first-order chi connectivity index (χ1) is 11.1. The normalized spacial score (nSPS) is 21.9. The Hall–Kier alpha value is -1.85. The maximum atomic E-state index is 12.5. The van der Waals surface area contributed by atoms with Crippen molar-refractivity contribution in [1.29, 1.82) is 0 Å². The minimum absolute atomic E-state index is 0. The Kier molecular flexibility index (Phi) is 4.65. The van der Waals surface area contributed by atoms with E-state index in [1.54, 1.807) is 0 Å². The molecule has 4 rings (SSSR count). The van der Waals surface area contributed by atoms with Gasteiger partial charge in [0.2, 0.25) is 5.76 Å². The molecule has 0 radical (unpaired) electrons. The number of aryl methyl sites for hydroxylation is 1. The van der Waals surface area contributed by atoms with E-state index in [0.717, 1.165) is 18.4 Å². The Balaban J connectivity index is 0.00000169. The Labute approximate surface area is 147 Å². The fourth-order valence-electron chi connectivity index (χ4n) is 3.32. The van der Waals surface area contributed by atoms with Crippen molar-refractivity contribution in [3.63, 3.8) is 0 Å². The van der Waals surface area contributed by atoms with Crippen molar-refractivity contribution in [1.82, 2.24) is 10.3 Å². The highest BCUT2D eigenvalue weighted by molar-refractivity contribution is 5.92. The highest BCUT2D eigenvalue weighted by atomic mass is 35.5. The van der Waals surface area contributed by atoms with E-state index < -0.39 is 0 Å².